The van der Waals surface area contributed by atoms with Gasteiger partial charge in [-0.25, -0.2) is 4.79 Å². The van der Waals surface area contributed by atoms with Crippen molar-refractivity contribution in [3.8, 4) is 0 Å². The molecular formula is C18H21NO3. The van der Waals surface area contributed by atoms with Crippen molar-refractivity contribution in [2.45, 2.75) is 26.7 Å². The molecule has 0 aliphatic heterocycles. The molecule has 1 aromatic heterocycles. The normalized spacial score (nSPS) is 10.8. The molecule has 0 unspecified atom stereocenters. The summed E-state index contributed by atoms with van der Waals surface area (Å²) in [4.78, 5) is 24.0. The topological polar surface area (TPSA) is 48.3 Å². The lowest BCUT2D eigenvalue weighted by Gasteiger charge is -2.08. The third kappa shape index (κ3) is 3.45. The molecule has 116 valence electrons. The molecule has 0 saturated heterocycles. The molecule has 0 atom stereocenters. The summed E-state index contributed by atoms with van der Waals surface area (Å²) in [6.07, 6.45) is 0. The molecule has 2 rings (SSSR count). The van der Waals surface area contributed by atoms with Gasteiger partial charge in [0.25, 0.3) is 0 Å². The maximum absolute atomic E-state index is 12.1. The van der Waals surface area contributed by atoms with Gasteiger partial charge < -0.3 is 9.30 Å². The Bertz CT molecular complexity index is 681. The Morgan fingerprint density at radius 2 is 1.73 bits per heavy atom. The van der Waals surface area contributed by atoms with E-state index < -0.39 is 5.97 Å². The fourth-order valence-electron chi connectivity index (χ4n) is 2.16. The molecule has 0 N–H and O–H groups in total. The average molecular weight is 299 g/mol. The zero-order valence-corrected chi connectivity index (χ0v) is 13.4. The molecule has 0 spiro atoms. The van der Waals surface area contributed by atoms with Crippen LogP contribution in [0.15, 0.2) is 36.4 Å². The molecule has 4 heteroatoms. The van der Waals surface area contributed by atoms with Crippen molar-refractivity contribution < 1.29 is 14.3 Å². The lowest BCUT2D eigenvalue weighted by molar-refractivity contribution is 0.0465. The van der Waals surface area contributed by atoms with E-state index in [-0.39, 0.29) is 12.4 Å². The van der Waals surface area contributed by atoms with E-state index in [0.29, 0.717) is 17.2 Å². The SMILES string of the molecule is Cc1ccc(C(=O)OCC(=O)c2ccc(C(C)C)cc2)n1C. The number of esters is 1. The predicted octanol–water partition coefficient (Wildman–Crippen LogP) is 3.50. The van der Waals surface area contributed by atoms with E-state index in [4.69, 9.17) is 4.74 Å². The van der Waals surface area contributed by atoms with E-state index in [1.54, 1.807) is 29.8 Å². The Morgan fingerprint density at radius 1 is 1.09 bits per heavy atom. The average Bonchev–Trinajstić information content (AvgIpc) is 2.84. The standard InChI is InChI=1S/C18H21NO3/c1-12(2)14-6-8-15(9-7-14)17(20)11-22-18(21)16-10-5-13(3)19(16)4/h5-10,12H,11H2,1-4H3. The van der Waals surface area contributed by atoms with E-state index in [1.807, 2.05) is 25.1 Å². The molecule has 0 radical (unpaired) electrons. The summed E-state index contributed by atoms with van der Waals surface area (Å²) >= 11 is 0. The van der Waals surface area contributed by atoms with Crippen molar-refractivity contribution in [2.24, 2.45) is 7.05 Å². The minimum atomic E-state index is -0.484. The molecule has 4 nitrogen and oxygen atoms in total. The first-order valence-corrected chi connectivity index (χ1v) is 7.32. The van der Waals surface area contributed by atoms with E-state index >= 15 is 0 Å². The minimum absolute atomic E-state index is 0.199. The van der Waals surface area contributed by atoms with Gasteiger partial charge in [-0.05, 0) is 30.5 Å². The fourth-order valence-corrected chi connectivity index (χ4v) is 2.16. The van der Waals surface area contributed by atoms with Crippen LogP contribution in [0.4, 0.5) is 0 Å². The number of benzene rings is 1. The molecule has 1 heterocycles. The highest BCUT2D eigenvalue weighted by Crippen LogP contribution is 2.15. The summed E-state index contributed by atoms with van der Waals surface area (Å²) < 4.78 is 6.85. The maximum Gasteiger partial charge on any atom is 0.355 e. The molecule has 0 saturated carbocycles. The Hall–Kier alpha value is -2.36. The molecule has 1 aromatic carbocycles. The Morgan fingerprint density at radius 3 is 2.23 bits per heavy atom. The van der Waals surface area contributed by atoms with Gasteiger partial charge in [0.05, 0.1) is 0 Å². The van der Waals surface area contributed by atoms with Gasteiger partial charge >= 0.3 is 5.97 Å². The summed E-state index contributed by atoms with van der Waals surface area (Å²) in [5, 5.41) is 0. The van der Waals surface area contributed by atoms with Gasteiger partial charge in [-0.15, -0.1) is 0 Å². The van der Waals surface area contributed by atoms with Crippen LogP contribution in [0, 0.1) is 6.92 Å². The smallest absolute Gasteiger partial charge is 0.355 e. The van der Waals surface area contributed by atoms with Crippen LogP contribution in [-0.2, 0) is 11.8 Å². The number of aryl methyl sites for hydroxylation is 1. The van der Waals surface area contributed by atoms with Crippen molar-refractivity contribution in [2.75, 3.05) is 6.61 Å². The van der Waals surface area contributed by atoms with E-state index in [2.05, 4.69) is 13.8 Å². The van der Waals surface area contributed by atoms with Crippen LogP contribution in [0.5, 0.6) is 0 Å². The highest BCUT2D eigenvalue weighted by molar-refractivity contribution is 5.99. The number of hydrogen-bond acceptors (Lipinski definition) is 3. The van der Waals surface area contributed by atoms with Crippen molar-refractivity contribution in [1.29, 1.82) is 0 Å². The highest BCUT2D eigenvalue weighted by atomic mass is 16.5. The van der Waals surface area contributed by atoms with Gasteiger partial charge in [0.2, 0.25) is 0 Å². The quantitative estimate of drug-likeness (QED) is 0.627. The number of aromatic nitrogens is 1. The van der Waals surface area contributed by atoms with E-state index in [9.17, 15) is 9.59 Å². The zero-order valence-electron chi connectivity index (χ0n) is 13.4. The largest absolute Gasteiger partial charge is 0.453 e. The van der Waals surface area contributed by atoms with Crippen LogP contribution in [-0.4, -0.2) is 22.9 Å². The Balaban J connectivity index is 1.97. The predicted molar refractivity (Wildman–Crippen MR) is 85.3 cm³/mol. The number of Topliss-reactive ketones (excluding diaryl/α,β-unsaturated/α-hetero) is 1. The second-order valence-corrected chi connectivity index (χ2v) is 5.69. The molecular weight excluding hydrogens is 278 g/mol. The Kier molecular flexibility index (Phi) is 4.81. The van der Waals surface area contributed by atoms with E-state index in [0.717, 1.165) is 5.69 Å². The second kappa shape index (κ2) is 6.60. The lowest BCUT2D eigenvalue weighted by Crippen LogP contribution is -2.16. The number of nitrogens with zero attached hydrogens (tertiary/aromatic N) is 1. The third-order valence-electron chi connectivity index (χ3n) is 3.82. The number of ketones is 1. The monoisotopic (exact) mass is 299 g/mol. The number of carbonyl (C=O) groups excluding carboxylic acids is 2. The highest BCUT2D eigenvalue weighted by Gasteiger charge is 2.15. The van der Waals surface area contributed by atoms with Crippen molar-refractivity contribution >= 4 is 11.8 Å². The van der Waals surface area contributed by atoms with Crippen molar-refractivity contribution in [3.05, 3.63) is 58.9 Å². The van der Waals surface area contributed by atoms with Gasteiger partial charge in [-0.2, -0.15) is 0 Å². The van der Waals surface area contributed by atoms with Gasteiger partial charge in [0, 0.05) is 18.3 Å². The lowest BCUT2D eigenvalue weighted by atomic mass is 10.0. The van der Waals surface area contributed by atoms with Crippen LogP contribution in [0.25, 0.3) is 0 Å². The Labute approximate surface area is 130 Å². The third-order valence-corrected chi connectivity index (χ3v) is 3.82. The number of carbonyl (C=O) groups is 2. The molecule has 22 heavy (non-hydrogen) atoms. The van der Waals surface area contributed by atoms with Gasteiger partial charge in [-0.1, -0.05) is 38.1 Å². The summed E-state index contributed by atoms with van der Waals surface area (Å²) in [6, 6.07) is 10.9. The molecule has 2 aromatic rings. The maximum atomic E-state index is 12.1. The summed E-state index contributed by atoms with van der Waals surface area (Å²) in [7, 11) is 1.79. The molecule has 0 aliphatic rings. The number of hydrogen-bond donors (Lipinski definition) is 0. The van der Waals surface area contributed by atoms with Crippen LogP contribution in [0.1, 0.15) is 51.9 Å². The summed E-state index contributed by atoms with van der Waals surface area (Å²) in [5.74, 6) is -0.264. The number of ether oxygens (including phenoxy) is 1. The van der Waals surface area contributed by atoms with Crippen LogP contribution >= 0.6 is 0 Å². The summed E-state index contributed by atoms with van der Waals surface area (Å²) in [5.41, 5.74) is 3.14. The molecule has 0 amide bonds. The minimum Gasteiger partial charge on any atom is -0.453 e. The van der Waals surface area contributed by atoms with Gasteiger partial charge in [-0.3, -0.25) is 4.79 Å². The first kappa shape index (κ1) is 16.0. The van der Waals surface area contributed by atoms with Crippen LogP contribution < -0.4 is 0 Å². The molecule has 0 fully saturated rings. The summed E-state index contributed by atoms with van der Waals surface area (Å²) in [6.45, 7) is 5.85. The first-order valence-electron chi connectivity index (χ1n) is 7.32. The second-order valence-electron chi connectivity index (χ2n) is 5.69. The van der Waals surface area contributed by atoms with Gasteiger partial charge in [0.1, 0.15) is 5.69 Å². The van der Waals surface area contributed by atoms with Crippen LogP contribution in [0.2, 0.25) is 0 Å². The first-order chi connectivity index (χ1) is 10.4. The molecule has 0 aliphatic carbocycles. The van der Waals surface area contributed by atoms with Gasteiger partial charge in [0.15, 0.2) is 12.4 Å². The van der Waals surface area contributed by atoms with Crippen molar-refractivity contribution in [3.63, 3.8) is 0 Å². The number of rotatable bonds is 5. The van der Waals surface area contributed by atoms with Crippen LogP contribution in [0.3, 0.4) is 0 Å². The zero-order chi connectivity index (χ0) is 16.3. The fraction of sp³-hybridized carbons (Fsp3) is 0.333. The molecule has 0 bridgehead atoms. The van der Waals surface area contributed by atoms with E-state index in [1.165, 1.54) is 5.56 Å². The van der Waals surface area contributed by atoms with Crippen molar-refractivity contribution in [1.82, 2.24) is 4.57 Å².